The summed E-state index contributed by atoms with van der Waals surface area (Å²) in [5, 5.41) is 0. The van der Waals surface area contributed by atoms with Gasteiger partial charge in [-0.25, -0.2) is 4.58 Å². The highest BCUT2D eigenvalue weighted by atomic mass is 16.3. The number of nitrogens with zero attached hydrogens (tertiary/aromatic N) is 2. The van der Waals surface area contributed by atoms with Crippen LogP contribution in [-0.2, 0) is 0 Å². The topological polar surface area (TPSA) is 32.5 Å². The maximum Gasteiger partial charge on any atom is 0.199 e. The molecule has 0 unspecified atom stereocenters. The van der Waals surface area contributed by atoms with E-state index in [1.807, 2.05) is 24.3 Å². The molecule has 0 saturated carbocycles. The normalized spacial score (nSPS) is 13.6. The quantitative estimate of drug-likeness (QED) is 0.213. The van der Waals surface area contributed by atoms with Gasteiger partial charge in [-0.15, -0.1) is 0 Å². The van der Waals surface area contributed by atoms with Gasteiger partial charge in [-0.1, -0.05) is 30.4 Å². The number of allylic oxidation sites excluding steroid dienone is 9. The van der Waals surface area contributed by atoms with Crippen LogP contribution in [0, 0.1) is 0 Å². The first-order valence-electron chi connectivity index (χ1n) is 13.2. The zero-order valence-electron chi connectivity index (χ0n) is 22.4. The number of hydrogen-bond donors (Lipinski definition) is 0. The van der Waals surface area contributed by atoms with Crippen LogP contribution in [0.1, 0.15) is 44.8 Å². The van der Waals surface area contributed by atoms with E-state index in [0.717, 1.165) is 60.0 Å². The van der Waals surface area contributed by atoms with Gasteiger partial charge < -0.3 is 13.7 Å². The van der Waals surface area contributed by atoms with Crippen LogP contribution < -0.4 is 4.90 Å². The van der Waals surface area contributed by atoms with Crippen molar-refractivity contribution in [1.82, 2.24) is 0 Å². The van der Waals surface area contributed by atoms with Gasteiger partial charge in [0.1, 0.15) is 24.6 Å². The molecule has 4 heteroatoms. The fourth-order valence-corrected chi connectivity index (χ4v) is 4.63. The van der Waals surface area contributed by atoms with Gasteiger partial charge in [0.25, 0.3) is 0 Å². The maximum atomic E-state index is 5.80. The number of anilines is 1. The first-order chi connectivity index (χ1) is 18.2. The Morgan fingerprint density at radius 2 is 1.41 bits per heavy atom. The van der Waals surface area contributed by atoms with Crippen molar-refractivity contribution in [2.45, 2.75) is 27.7 Å². The summed E-state index contributed by atoms with van der Waals surface area (Å²) in [6.07, 6.45) is 18.4. The molecule has 0 amide bonds. The van der Waals surface area contributed by atoms with E-state index in [1.54, 1.807) is 12.5 Å². The monoisotopic (exact) mass is 493 g/mol. The zero-order chi connectivity index (χ0) is 26.0. The standard InChI is InChI=1S/C33H37N2O2/c1-5-34(6-2)28-20-16-26(17-21-28)30(32-14-10-24-36-32)12-9-13-31(33-15-11-25-37-33)27-18-22-29(23-19-27)35(7-3)8-4/h9-25H,5-8H2,1-4H3/q+1. The Bertz CT molecular complexity index is 1300. The zero-order valence-corrected chi connectivity index (χ0v) is 22.4. The molecule has 0 spiro atoms. The molecule has 37 heavy (non-hydrogen) atoms. The molecule has 0 N–H and O–H groups in total. The third-order valence-corrected chi connectivity index (χ3v) is 6.71. The first-order valence-corrected chi connectivity index (χ1v) is 13.2. The van der Waals surface area contributed by atoms with Crippen LogP contribution in [0.2, 0.25) is 0 Å². The van der Waals surface area contributed by atoms with Gasteiger partial charge >= 0.3 is 0 Å². The molecule has 4 nitrogen and oxygen atoms in total. The molecule has 1 aliphatic rings. The number of benzene rings is 1. The summed E-state index contributed by atoms with van der Waals surface area (Å²) in [7, 11) is 0. The van der Waals surface area contributed by atoms with E-state index in [9.17, 15) is 0 Å². The summed E-state index contributed by atoms with van der Waals surface area (Å²) < 4.78 is 13.9. The Morgan fingerprint density at radius 3 is 1.95 bits per heavy atom. The highest BCUT2D eigenvalue weighted by Crippen LogP contribution is 2.28. The molecular weight excluding hydrogens is 456 g/mol. The lowest BCUT2D eigenvalue weighted by Gasteiger charge is -2.21. The molecule has 3 aromatic rings. The Hall–Kier alpha value is -4.05. The predicted octanol–water partition coefficient (Wildman–Crippen LogP) is 7.78. The Labute approximate surface area is 220 Å². The van der Waals surface area contributed by atoms with Gasteiger partial charge in [0.05, 0.1) is 12.5 Å². The summed E-state index contributed by atoms with van der Waals surface area (Å²) in [6.45, 7) is 12.7. The van der Waals surface area contributed by atoms with Crippen LogP contribution in [0.15, 0.2) is 118 Å². The molecule has 0 atom stereocenters. The lowest BCUT2D eigenvalue weighted by atomic mass is 9.98. The minimum Gasteiger partial charge on any atom is -0.464 e. The van der Waals surface area contributed by atoms with E-state index in [0.29, 0.717) is 0 Å². The SMILES string of the molecule is CCN(CC)c1ccc(C(=CC=CC(=C2C=CC(=[N+](CC)CC)C=C2)c2ccco2)c2ccco2)cc1. The van der Waals surface area contributed by atoms with E-state index in [2.05, 4.69) is 104 Å². The van der Waals surface area contributed by atoms with Gasteiger partial charge in [-0.3, -0.25) is 0 Å². The lowest BCUT2D eigenvalue weighted by Crippen LogP contribution is -2.21. The molecule has 0 radical (unpaired) electrons. The summed E-state index contributed by atoms with van der Waals surface area (Å²) >= 11 is 0. The smallest absolute Gasteiger partial charge is 0.199 e. The molecule has 4 rings (SSSR count). The van der Waals surface area contributed by atoms with Crippen LogP contribution in [0.3, 0.4) is 0 Å². The Kier molecular flexibility index (Phi) is 8.98. The Morgan fingerprint density at radius 1 is 0.784 bits per heavy atom. The van der Waals surface area contributed by atoms with Crippen molar-refractivity contribution >= 4 is 22.5 Å². The van der Waals surface area contributed by atoms with Gasteiger partial charge in [0, 0.05) is 42.1 Å². The minimum absolute atomic E-state index is 0.836. The molecule has 190 valence electrons. The van der Waals surface area contributed by atoms with Crippen molar-refractivity contribution in [2.75, 3.05) is 31.1 Å². The number of furan rings is 2. The van der Waals surface area contributed by atoms with Crippen LogP contribution in [0.25, 0.3) is 11.1 Å². The molecular formula is C33H37N2O2+. The molecule has 0 bridgehead atoms. The number of hydrogen-bond acceptors (Lipinski definition) is 3. The second kappa shape index (κ2) is 12.8. The molecule has 0 fully saturated rings. The van der Waals surface area contributed by atoms with E-state index >= 15 is 0 Å². The third kappa shape index (κ3) is 6.21. The van der Waals surface area contributed by atoms with Gasteiger partial charge in [0.2, 0.25) is 0 Å². The van der Waals surface area contributed by atoms with Crippen molar-refractivity contribution in [3.05, 3.63) is 126 Å². The van der Waals surface area contributed by atoms with Crippen LogP contribution in [0.5, 0.6) is 0 Å². The van der Waals surface area contributed by atoms with E-state index < -0.39 is 0 Å². The van der Waals surface area contributed by atoms with Gasteiger partial charge in [0.15, 0.2) is 5.71 Å². The average Bonchev–Trinajstić information content (AvgIpc) is 3.67. The van der Waals surface area contributed by atoms with Gasteiger partial charge in [-0.05, 0) is 87.4 Å². The summed E-state index contributed by atoms with van der Waals surface area (Å²) in [4.78, 5) is 2.34. The summed E-state index contributed by atoms with van der Waals surface area (Å²) in [5.41, 5.74) is 6.73. The summed E-state index contributed by atoms with van der Waals surface area (Å²) in [6, 6.07) is 16.5. The highest BCUT2D eigenvalue weighted by molar-refractivity contribution is 6.03. The molecule has 0 aliphatic heterocycles. The predicted molar refractivity (Wildman–Crippen MR) is 155 cm³/mol. The second-order valence-corrected chi connectivity index (χ2v) is 8.75. The van der Waals surface area contributed by atoms with Crippen LogP contribution in [0.4, 0.5) is 5.69 Å². The molecule has 2 aromatic heterocycles. The fourth-order valence-electron chi connectivity index (χ4n) is 4.63. The van der Waals surface area contributed by atoms with E-state index in [1.165, 1.54) is 11.4 Å². The molecule has 2 heterocycles. The molecule has 1 aromatic carbocycles. The summed E-state index contributed by atoms with van der Waals surface area (Å²) in [5.74, 6) is 1.67. The Balaban J connectivity index is 1.70. The molecule has 1 aliphatic carbocycles. The van der Waals surface area contributed by atoms with Crippen molar-refractivity contribution < 1.29 is 13.4 Å². The van der Waals surface area contributed by atoms with Crippen molar-refractivity contribution in [3.8, 4) is 0 Å². The number of rotatable bonds is 10. The van der Waals surface area contributed by atoms with Gasteiger partial charge in [-0.2, -0.15) is 0 Å². The van der Waals surface area contributed by atoms with Crippen molar-refractivity contribution in [1.29, 1.82) is 0 Å². The average molecular weight is 494 g/mol. The largest absolute Gasteiger partial charge is 0.464 e. The van der Waals surface area contributed by atoms with Crippen LogP contribution >= 0.6 is 0 Å². The minimum atomic E-state index is 0.836. The third-order valence-electron chi connectivity index (χ3n) is 6.71. The maximum absolute atomic E-state index is 5.80. The van der Waals surface area contributed by atoms with Crippen molar-refractivity contribution in [2.24, 2.45) is 0 Å². The highest BCUT2D eigenvalue weighted by Gasteiger charge is 2.13. The van der Waals surface area contributed by atoms with E-state index in [4.69, 9.17) is 8.83 Å². The lowest BCUT2D eigenvalue weighted by molar-refractivity contribution is -0.519. The first kappa shape index (κ1) is 26.0. The van der Waals surface area contributed by atoms with Crippen molar-refractivity contribution in [3.63, 3.8) is 0 Å². The second-order valence-electron chi connectivity index (χ2n) is 8.75. The fraction of sp³-hybridized carbons (Fsp3) is 0.242. The van der Waals surface area contributed by atoms with E-state index in [-0.39, 0.29) is 0 Å². The molecule has 0 saturated heterocycles. The van der Waals surface area contributed by atoms with Crippen LogP contribution in [-0.4, -0.2) is 36.5 Å².